The molecule has 1 aliphatic rings. The molecule has 0 bridgehead atoms. The molecule has 6 heteroatoms. The Labute approximate surface area is 170 Å². The minimum absolute atomic E-state index is 0.0286. The van der Waals surface area contributed by atoms with Crippen LogP contribution in [0.3, 0.4) is 0 Å². The summed E-state index contributed by atoms with van der Waals surface area (Å²) in [7, 11) is 0. The van der Waals surface area contributed by atoms with E-state index in [1.807, 2.05) is 37.4 Å². The zero-order chi connectivity index (χ0) is 19.8. The lowest BCUT2D eigenvalue weighted by Gasteiger charge is -2.27. The van der Waals surface area contributed by atoms with Gasteiger partial charge in [0.2, 0.25) is 0 Å². The van der Waals surface area contributed by atoms with Gasteiger partial charge in [0.15, 0.2) is 5.11 Å². The number of hydrogen-bond acceptors (Lipinski definition) is 2. The molecule has 3 aromatic rings. The van der Waals surface area contributed by atoms with Gasteiger partial charge in [-0.3, -0.25) is 4.98 Å². The average Bonchev–Trinajstić information content (AvgIpc) is 3.17. The van der Waals surface area contributed by atoms with Crippen molar-refractivity contribution in [3.05, 3.63) is 83.2 Å². The van der Waals surface area contributed by atoms with Gasteiger partial charge >= 0.3 is 0 Å². The molecule has 4 rings (SSSR count). The Morgan fingerprint density at radius 2 is 1.96 bits per heavy atom. The van der Waals surface area contributed by atoms with Crippen LogP contribution in [0.15, 0.2) is 54.7 Å². The van der Waals surface area contributed by atoms with E-state index in [4.69, 9.17) is 12.2 Å². The quantitative estimate of drug-likeness (QED) is 0.655. The van der Waals surface area contributed by atoms with Crippen LogP contribution >= 0.6 is 12.2 Å². The van der Waals surface area contributed by atoms with Crippen molar-refractivity contribution in [1.82, 2.24) is 19.8 Å². The zero-order valence-electron chi connectivity index (χ0n) is 16.2. The van der Waals surface area contributed by atoms with Crippen molar-refractivity contribution >= 4 is 17.3 Å². The number of pyridine rings is 1. The maximum atomic E-state index is 13.8. The molecule has 0 aliphatic carbocycles. The minimum Gasteiger partial charge on any atom is -0.352 e. The second-order valence-electron chi connectivity index (χ2n) is 7.05. The molecule has 1 fully saturated rings. The first-order valence-electron chi connectivity index (χ1n) is 9.44. The van der Waals surface area contributed by atoms with Crippen LogP contribution in [0, 0.1) is 19.7 Å². The largest absolute Gasteiger partial charge is 0.352 e. The Balaban J connectivity index is 1.84. The first-order chi connectivity index (χ1) is 13.5. The summed E-state index contributed by atoms with van der Waals surface area (Å²) < 4.78 is 15.9. The van der Waals surface area contributed by atoms with Crippen molar-refractivity contribution < 1.29 is 4.39 Å². The maximum Gasteiger partial charge on any atom is 0.170 e. The summed E-state index contributed by atoms with van der Waals surface area (Å²) in [5.41, 5.74) is 5.10. The van der Waals surface area contributed by atoms with E-state index in [-0.39, 0.29) is 17.9 Å². The van der Waals surface area contributed by atoms with Gasteiger partial charge in [0.05, 0.1) is 17.8 Å². The third-order valence-corrected chi connectivity index (χ3v) is 5.75. The lowest BCUT2D eigenvalue weighted by molar-refractivity contribution is 0.329. The summed E-state index contributed by atoms with van der Waals surface area (Å²) in [6.07, 6.45) is 1.81. The van der Waals surface area contributed by atoms with Gasteiger partial charge in [-0.25, -0.2) is 4.39 Å². The van der Waals surface area contributed by atoms with Gasteiger partial charge in [0.1, 0.15) is 5.82 Å². The summed E-state index contributed by atoms with van der Waals surface area (Å²) in [6, 6.07) is 14.8. The van der Waals surface area contributed by atoms with Gasteiger partial charge in [-0.05, 0) is 75.0 Å². The molecule has 28 heavy (non-hydrogen) atoms. The topological polar surface area (TPSA) is 33.1 Å². The Kier molecular flexibility index (Phi) is 4.89. The van der Waals surface area contributed by atoms with Crippen molar-refractivity contribution in [2.24, 2.45) is 0 Å². The van der Waals surface area contributed by atoms with E-state index in [1.54, 1.807) is 12.1 Å². The molecule has 1 aromatic carbocycles. The number of nitrogens with one attached hydrogen (secondary N) is 1. The highest BCUT2D eigenvalue weighted by molar-refractivity contribution is 7.80. The number of nitrogens with zero attached hydrogens (tertiary/aromatic N) is 3. The second-order valence-corrected chi connectivity index (χ2v) is 7.44. The summed E-state index contributed by atoms with van der Waals surface area (Å²) in [6.45, 7) is 7.03. The molecule has 1 aliphatic heterocycles. The minimum atomic E-state index is -0.239. The van der Waals surface area contributed by atoms with Gasteiger partial charge in [0.25, 0.3) is 0 Å². The summed E-state index contributed by atoms with van der Waals surface area (Å²) in [4.78, 5) is 6.76. The number of hydrogen-bond donors (Lipinski definition) is 1. The Morgan fingerprint density at radius 3 is 2.64 bits per heavy atom. The Hall–Kier alpha value is -2.73. The molecular formula is C22H23FN4S. The fourth-order valence-electron chi connectivity index (χ4n) is 4.18. The molecule has 2 atom stereocenters. The Morgan fingerprint density at radius 1 is 1.14 bits per heavy atom. The summed E-state index contributed by atoms with van der Waals surface area (Å²) >= 11 is 5.62. The van der Waals surface area contributed by atoms with Gasteiger partial charge in [-0.2, -0.15) is 0 Å². The van der Waals surface area contributed by atoms with E-state index >= 15 is 0 Å². The molecule has 0 amide bonds. The van der Waals surface area contributed by atoms with E-state index in [9.17, 15) is 4.39 Å². The van der Waals surface area contributed by atoms with Crippen molar-refractivity contribution in [1.29, 1.82) is 0 Å². The standard InChI is InChI=1S/C22H23FN4S/c1-4-26-21(20(25-22(26)28)19-10-5-6-11-24-19)18-12-14(2)27(15(18)3)17-9-7-8-16(23)13-17/h5-13,20-21H,4H2,1-3H3,(H,25,28)/t20-,21+/m1/s1. The molecule has 1 saturated heterocycles. The molecule has 0 spiro atoms. The third-order valence-electron chi connectivity index (χ3n) is 5.39. The monoisotopic (exact) mass is 394 g/mol. The summed E-state index contributed by atoms with van der Waals surface area (Å²) in [5, 5.41) is 4.19. The van der Waals surface area contributed by atoms with Gasteiger partial charge in [0, 0.05) is 29.8 Å². The molecule has 4 nitrogen and oxygen atoms in total. The predicted molar refractivity (Wildman–Crippen MR) is 113 cm³/mol. The lowest BCUT2D eigenvalue weighted by atomic mass is 9.97. The molecule has 0 unspecified atom stereocenters. The van der Waals surface area contributed by atoms with Crippen molar-refractivity contribution in [3.8, 4) is 5.69 Å². The smallest absolute Gasteiger partial charge is 0.170 e. The van der Waals surface area contributed by atoms with E-state index in [2.05, 4.69) is 39.7 Å². The van der Waals surface area contributed by atoms with Crippen LogP contribution in [0.25, 0.3) is 5.69 Å². The highest BCUT2D eigenvalue weighted by atomic mass is 32.1. The number of likely N-dealkylation sites (N-methyl/N-ethyl adjacent to an activating group) is 1. The molecule has 0 saturated carbocycles. The Bertz CT molecular complexity index is 1010. The molecule has 1 N–H and O–H groups in total. The first kappa shape index (κ1) is 18.6. The van der Waals surface area contributed by atoms with E-state index in [0.717, 1.165) is 34.4 Å². The van der Waals surface area contributed by atoms with E-state index in [1.165, 1.54) is 11.6 Å². The number of thiocarbonyl (C=S) groups is 1. The van der Waals surface area contributed by atoms with Crippen LogP contribution in [0.5, 0.6) is 0 Å². The van der Waals surface area contributed by atoms with Crippen LogP contribution in [0.2, 0.25) is 0 Å². The van der Waals surface area contributed by atoms with Gasteiger partial charge in [-0.1, -0.05) is 12.1 Å². The summed E-state index contributed by atoms with van der Waals surface area (Å²) in [5.74, 6) is -0.239. The molecule has 2 aromatic heterocycles. The highest BCUT2D eigenvalue weighted by Gasteiger charge is 2.40. The van der Waals surface area contributed by atoms with Crippen LogP contribution in [-0.4, -0.2) is 26.1 Å². The van der Waals surface area contributed by atoms with Crippen LogP contribution in [-0.2, 0) is 0 Å². The lowest BCUT2D eigenvalue weighted by Crippen LogP contribution is -2.29. The van der Waals surface area contributed by atoms with Crippen LogP contribution < -0.4 is 5.32 Å². The zero-order valence-corrected chi connectivity index (χ0v) is 17.0. The number of halogens is 1. The fraction of sp³-hybridized carbons (Fsp3) is 0.273. The van der Waals surface area contributed by atoms with E-state index in [0.29, 0.717) is 0 Å². The van der Waals surface area contributed by atoms with Gasteiger partial charge < -0.3 is 14.8 Å². The van der Waals surface area contributed by atoms with Crippen molar-refractivity contribution in [3.63, 3.8) is 0 Å². The second kappa shape index (κ2) is 7.36. The molecule has 3 heterocycles. The highest BCUT2D eigenvalue weighted by Crippen LogP contribution is 2.41. The van der Waals surface area contributed by atoms with Crippen molar-refractivity contribution in [2.75, 3.05) is 6.54 Å². The first-order valence-corrected chi connectivity index (χ1v) is 9.85. The van der Waals surface area contributed by atoms with Crippen molar-refractivity contribution in [2.45, 2.75) is 32.9 Å². The number of aromatic nitrogens is 2. The van der Waals surface area contributed by atoms with Gasteiger partial charge in [-0.15, -0.1) is 0 Å². The normalized spacial score (nSPS) is 19.1. The number of aryl methyl sites for hydroxylation is 1. The predicted octanol–water partition coefficient (Wildman–Crippen LogP) is 4.62. The third kappa shape index (κ3) is 3.07. The van der Waals surface area contributed by atoms with E-state index < -0.39 is 0 Å². The molecule has 144 valence electrons. The molecular weight excluding hydrogens is 371 g/mol. The average molecular weight is 395 g/mol. The van der Waals surface area contributed by atoms with Crippen LogP contribution in [0.1, 0.15) is 41.7 Å². The number of rotatable bonds is 4. The maximum absolute atomic E-state index is 13.8. The fourth-order valence-corrected chi connectivity index (χ4v) is 4.55. The SMILES string of the molecule is CCN1C(=S)N[C@H](c2ccccn2)[C@@H]1c1cc(C)n(-c2cccc(F)c2)c1C. The number of benzene rings is 1. The van der Waals surface area contributed by atoms with Crippen LogP contribution in [0.4, 0.5) is 4.39 Å². The molecule has 0 radical (unpaired) electrons.